The van der Waals surface area contributed by atoms with E-state index in [1.165, 1.54) is 5.56 Å². The zero-order chi connectivity index (χ0) is 21.1. The van der Waals surface area contributed by atoms with Crippen LogP contribution < -0.4 is 4.74 Å². The van der Waals surface area contributed by atoms with Gasteiger partial charge in [0.2, 0.25) is 5.91 Å². The summed E-state index contributed by atoms with van der Waals surface area (Å²) in [5.74, 6) is 1.05. The fourth-order valence-corrected chi connectivity index (χ4v) is 4.79. The standard InChI is InChI=1S/C24H29ClN2O3/c1-26-13-14-27(17-22(26)18-3-9-21(29-2)10-4-18)23(28)24(11-15-30-16-12-24)19-5-7-20(25)8-6-19/h3-10,22H,11-17H2,1-2H3. The summed E-state index contributed by atoms with van der Waals surface area (Å²) in [6.45, 7) is 3.46. The molecular weight excluding hydrogens is 400 g/mol. The lowest BCUT2D eigenvalue weighted by atomic mass is 9.72. The van der Waals surface area contributed by atoms with Crippen LogP contribution in [0, 0.1) is 0 Å². The minimum atomic E-state index is -0.538. The lowest BCUT2D eigenvalue weighted by Gasteiger charge is -2.45. The van der Waals surface area contributed by atoms with Crippen molar-refractivity contribution in [2.24, 2.45) is 0 Å². The Morgan fingerprint density at radius 2 is 1.73 bits per heavy atom. The van der Waals surface area contributed by atoms with Gasteiger partial charge in [0.1, 0.15) is 5.75 Å². The number of amides is 1. The molecule has 6 heteroatoms. The van der Waals surface area contributed by atoms with Crippen LogP contribution in [0.25, 0.3) is 0 Å². The summed E-state index contributed by atoms with van der Waals surface area (Å²) >= 11 is 6.11. The van der Waals surface area contributed by atoms with E-state index in [4.69, 9.17) is 21.1 Å². The number of ether oxygens (including phenoxy) is 2. The van der Waals surface area contributed by atoms with E-state index in [0.29, 0.717) is 37.6 Å². The van der Waals surface area contributed by atoms with E-state index in [-0.39, 0.29) is 11.9 Å². The third-order valence-electron chi connectivity index (χ3n) is 6.59. The van der Waals surface area contributed by atoms with Crippen LogP contribution in [-0.4, -0.2) is 62.7 Å². The number of hydrogen-bond acceptors (Lipinski definition) is 4. The molecule has 30 heavy (non-hydrogen) atoms. The Balaban J connectivity index is 1.60. The second kappa shape index (κ2) is 8.96. The summed E-state index contributed by atoms with van der Waals surface area (Å²) in [6, 6.07) is 16.1. The van der Waals surface area contributed by atoms with Crippen LogP contribution in [-0.2, 0) is 14.9 Å². The predicted molar refractivity (Wildman–Crippen MR) is 118 cm³/mol. The Morgan fingerprint density at radius 3 is 2.37 bits per heavy atom. The van der Waals surface area contributed by atoms with Crippen LogP contribution in [0.5, 0.6) is 5.75 Å². The fraction of sp³-hybridized carbons (Fsp3) is 0.458. The van der Waals surface area contributed by atoms with E-state index in [1.807, 2.05) is 36.4 Å². The molecule has 0 saturated carbocycles. The van der Waals surface area contributed by atoms with Crippen LogP contribution in [0.3, 0.4) is 0 Å². The van der Waals surface area contributed by atoms with Crippen molar-refractivity contribution in [2.75, 3.05) is 47.0 Å². The first-order valence-corrected chi connectivity index (χ1v) is 10.9. The van der Waals surface area contributed by atoms with Gasteiger partial charge >= 0.3 is 0 Å². The molecule has 2 aromatic carbocycles. The molecule has 2 aliphatic heterocycles. The molecule has 1 unspecified atom stereocenters. The molecule has 2 aliphatic rings. The number of rotatable bonds is 4. The van der Waals surface area contributed by atoms with E-state index in [1.54, 1.807) is 7.11 Å². The normalized spacial score (nSPS) is 22.0. The Labute approximate surface area is 183 Å². The molecule has 0 aromatic heterocycles. The highest BCUT2D eigenvalue weighted by molar-refractivity contribution is 6.30. The van der Waals surface area contributed by atoms with Gasteiger partial charge in [0.05, 0.1) is 18.6 Å². The SMILES string of the molecule is COc1ccc(C2CN(C(=O)C3(c4ccc(Cl)cc4)CCOCC3)CCN2C)cc1. The van der Waals surface area contributed by atoms with Gasteiger partial charge in [0.25, 0.3) is 0 Å². The van der Waals surface area contributed by atoms with Gasteiger partial charge in [-0.25, -0.2) is 0 Å². The summed E-state index contributed by atoms with van der Waals surface area (Å²) in [5.41, 5.74) is 1.70. The first-order valence-electron chi connectivity index (χ1n) is 10.5. The van der Waals surface area contributed by atoms with Crippen molar-refractivity contribution in [2.45, 2.75) is 24.3 Å². The average molecular weight is 429 g/mol. The number of hydrogen-bond donors (Lipinski definition) is 0. The molecule has 0 spiro atoms. The molecule has 2 heterocycles. The number of piperazine rings is 1. The number of methoxy groups -OCH3 is 1. The summed E-state index contributed by atoms with van der Waals surface area (Å²) in [6.07, 6.45) is 1.40. The lowest BCUT2D eigenvalue weighted by molar-refractivity contribution is -0.144. The quantitative estimate of drug-likeness (QED) is 0.740. The maximum Gasteiger partial charge on any atom is 0.233 e. The second-order valence-corrected chi connectivity index (χ2v) is 8.66. The largest absolute Gasteiger partial charge is 0.497 e. The topological polar surface area (TPSA) is 42.0 Å². The molecule has 2 aromatic rings. The van der Waals surface area contributed by atoms with Crippen molar-refractivity contribution in [1.29, 1.82) is 0 Å². The fourth-order valence-electron chi connectivity index (χ4n) is 4.66. The Morgan fingerprint density at radius 1 is 1.07 bits per heavy atom. The van der Waals surface area contributed by atoms with E-state index in [2.05, 4.69) is 29.0 Å². The third-order valence-corrected chi connectivity index (χ3v) is 6.84. The molecule has 0 radical (unpaired) electrons. The highest BCUT2D eigenvalue weighted by Crippen LogP contribution is 2.38. The van der Waals surface area contributed by atoms with Crippen LogP contribution >= 0.6 is 11.6 Å². The van der Waals surface area contributed by atoms with Crippen LogP contribution in [0.2, 0.25) is 5.02 Å². The van der Waals surface area contributed by atoms with Gasteiger partial charge in [0, 0.05) is 37.9 Å². The lowest BCUT2D eigenvalue weighted by Crippen LogP contribution is -2.56. The maximum atomic E-state index is 13.9. The number of carbonyl (C=O) groups excluding carboxylic acids is 1. The van der Waals surface area contributed by atoms with E-state index >= 15 is 0 Å². The van der Waals surface area contributed by atoms with Crippen LogP contribution in [0.15, 0.2) is 48.5 Å². The third kappa shape index (κ3) is 4.07. The van der Waals surface area contributed by atoms with Crippen molar-refractivity contribution in [3.63, 3.8) is 0 Å². The molecule has 5 nitrogen and oxygen atoms in total. The number of halogens is 1. The Hall–Kier alpha value is -2.08. The first kappa shape index (κ1) is 21.2. The van der Waals surface area contributed by atoms with Crippen molar-refractivity contribution in [1.82, 2.24) is 9.80 Å². The van der Waals surface area contributed by atoms with E-state index < -0.39 is 5.41 Å². The first-order chi connectivity index (χ1) is 14.5. The predicted octanol–water partition coefficient (Wildman–Crippen LogP) is 3.91. The van der Waals surface area contributed by atoms with Gasteiger partial charge in [0.15, 0.2) is 0 Å². The Bertz CT molecular complexity index is 863. The molecule has 0 bridgehead atoms. The average Bonchev–Trinajstić information content (AvgIpc) is 2.80. The van der Waals surface area contributed by atoms with Crippen LogP contribution in [0.4, 0.5) is 0 Å². The second-order valence-electron chi connectivity index (χ2n) is 8.22. The smallest absolute Gasteiger partial charge is 0.233 e. The maximum absolute atomic E-state index is 13.9. The van der Waals surface area contributed by atoms with Crippen molar-refractivity contribution < 1.29 is 14.3 Å². The molecule has 0 aliphatic carbocycles. The molecule has 160 valence electrons. The number of benzene rings is 2. The van der Waals surface area contributed by atoms with Crippen molar-refractivity contribution in [3.8, 4) is 5.75 Å². The van der Waals surface area contributed by atoms with Crippen LogP contribution in [0.1, 0.15) is 30.0 Å². The van der Waals surface area contributed by atoms with E-state index in [9.17, 15) is 4.79 Å². The highest BCUT2D eigenvalue weighted by Gasteiger charge is 2.45. The zero-order valence-corrected chi connectivity index (χ0v) is 18.4. The Kier molecular flexibility index (Phi) is 6.32. The van der Waals surface area contributed by atoms with Gasteiger partial charge in [-0.2, -0.15) is 0 Å². The summed E-state index contributed by atoms with van der Waals surface area (Å²) < 4.78 is 10.9. The van der Waals surface area contributed by atoms with Gasteiger partial charge in [-0.15, -0.1) is 0 Å². The van der Waals surface area contributed by atoms with Gasteiger partial charge in [-0.1, -0.05) is 35.9 Å². The molecule has 0 N–H and O–H groups in total. The molecule has 4 rings (SSSR count). The molecule has 1 amide bonds. The zero-order valence-electron chi connectivity index (χ0n) is 17.6. The summed E-state index contributed by atoms with van der Waals surface area (Å²) in [4.78, 5) is 18.3. The molecule has 1 atom stereocenters. The van der Waals surface area contributed by atoms with Gasteiger partial charge < -0.3 is 14.4 Å². The van der Waals surface area contributed by atoms with Crippen molar-refractivity contribution in [3.05, 3.63) is 64.7 Å². The minimum Gasteiger partial charge on any atom is -0.497 e. The molecular formula is C24H29ClN2O3. The van der Waals surface area contributed by atoms with Gasteiger partial charge in [-0.3, -0.25) is 9.69 Å². The molecule has 2 saturated heterocycles. The highest BCUT2D eigenvalue weighted by atomic mass is 35.5. The number of nitrogens with zero attached hydrogens (tertiary/aromatic N) is 2. The summed E-state index contributed by atoms with van der Waals surface area (Å²) in [5, 5.41) is 0.688. The minimum absolute atomic E-state index is 0.163. The van der Waals surface area contributed by atoms with E-state index in [0.717, 1.165) is 24.4 Å². The summed E-state index contributed by atoms with van der Waals surface area (Å²) in [7, 11) is 3.80. The monoisotopic (exact) mass is 428 g/mol. The number of likely N-dealkylation sites (N-methyl/N-ethyl adjacent to an activating group) is 1. The van der Waals surface area contributed by atoms with Gasteiger partial charge in [-0.05, 0) is 55.3 Å². The number of carbonyl (C=O) groups is 1. The van der Waals surface area contributed by atoms with Crippen molar-refractivity contribution >= 4 is 17.5 Å². The molecule has 2 fully saturated rings.